The number of hydrogen-bond acceptors (Lipinski definition) is 4. The molecular weight excluding hydrogens is 276 g/mol. The number of nitrogens with one attached hydrogen (secondary N) is 1. The van der Waals surface area contributed by atoms with Gasteiger partial charge < -0.3 is 15.1 Å². The van der Waals surface area contributed by atoms with Crippen LogP contribution in [0.4, 0.5) is 5.69 Å². The highest BCUT2D eigenvalue weighted by Gasteiger charge is 2.21. The maximum Gasteiger partial charge on any atom is 0.266 e. The second-order valence-corrected chi connectivity index (χ2v) is 5.71. The van der Waals surface area contributed by atoms with Crippen molar-refractivity contribution >= 4 is 11.6 Å². The summed E-state index contributed by atoms with van der Waals surface area (Å²) in [6, 6.07) is 7.95. The van der Waals surface area contributed by atoms with Crippen LogP contribution in [0, 0.1) is 25.2 Å². The summed E-state index contributed by atoms with van der Waals surface area (Å²) in [5.74, 6) is -0.202. The molecule has 1 fully saturated rings. The Labute approximate surface area is 131 Å². The molecule has 1 aromatic rings. The van der Waals surface area contributed by atoms with E-state index >= 15 is 0 Å². The summed E-state index contributed by atoms with van der Waals surface area (Å²) >= 11 is 0. The lowest BCUT2D eigenvalue weighted by Gasteiger charge is -2.32. The normalized spacial score (nSPS) is 16.3. The average Bonchev–Trinajstić information content (AvgIpc) is 2.52. The van der Waals surface area contributed by atoms with Gasteiger partial charge in [0.05, 0.1) is 0 Å². The highest BCUT2D eigenvalue weighted by Crippen LogP contribution is 2.15. The van der Waals surface area contributed by atoms with E-state index in [-0.39, 0.29) is 11.5 Å². The van der Waals surface area contributed by atoms with Crippen LogP contribution < -0.4 is 5.32 Å². The van der Waals surface area contributed by atoms with Crippen molar-refractivity contribution in [1.29, 1.82) is 5.26 Å². The van der Waals surface area contributed by atoms with Crippen molar-refractivity contribution in [2.24, 2.45) is 0 Å². The molecule has 0 saturated carbocycles. The SMILES string of the molecule is Cc1ccc(N/C=C(/C#N)C(=O)N2CCN(C)CC2)cc1C. The van der Waals surface area contributed by atoms with Crippen LogP contribution in [-0.2, 0) is 4.79 Å². The number of nitrogens with zero attached hydrogens (tertiary/aromatic N) is 3. The van der Waals surface area contributed by atoms with E-state index in [1.807, 2.05) is 45.2 Å². The second-order valence-electron chi connectivity index (χ2n) is 5.71. The van der Waals surface area contributed by atoms with Gasteiger partial charge in [-0.05, 0) is 44.2 Å². The van der Waals surface area contributed by atoms with E-state index in [4.69, 9.17) is 0 Å². The fraction of sp³-hybridized carbons (Fsp3) is 0.412. The van der Waals surface area contributed by atoms with Gasteiger partial charge in [0.25, 0.3) is 5.91 Å². The van der Waals surface area contributed by atoms with Crippen LogP contribution in [0.2, 0.25) is 0 Å². The molecule has 1 amide bonds. The standard InChI is InChI=1S/C17H22N4O/c1-13-4-5-16(10-14(13)2)19-12-15(11-18)17(22)21-8-6-20(3)7-9-21/h4-5,10,12,19H,6-9H2,1-3H3/b15-12-. The molecular formula is C17H22N4O. The Balaban J connectivity index is 2.05. The van der Waals surface area contributed by atoms with Gasteiger partial charge >= 0.3 is 0 Å². The molecule has 1 N–H and O–H groups in total. The first-order chi connectivity index (χ1) is 10.5. The Morgan fingerprint density at radius 2 is 1.91 bits per heavy atom. The molecule has 116 valence electrons. The number of carbonyl (C=O) groups excluding carboxylic acids is 1. The molecule has 0 aliphatic carbocycles. The zero-order valence-corrected chi connectivity index (χ0v) is 13.4. The zero-order valence-electron chi connectivity index (χ0n) is 13.4. The van der Waals surface area contributed by atoms with Crippen molar-refractivity contribution in [3.05, 3.63) is 41.1 Å². The summed E-state index contributed by atoms with van der Waals surface area (Å²) in [7, 11) is 2.03. The number of amides is 1. The number of hydrogen-bond donors (Lipinski definition) is 1. The maximum absolute atomic E-state index is 12.4. The van der Waals surface area contributed by atoms with E-state index in [9.17, 15) is 10.1 Å². The Kier molecular flexibility index (Phi) is 5.18. The lowest BCUT2D eigenvalue weighted by atomic mass is 10.1. The quantitative estimate of drug-likeness (QED) is 0.684. The topological polar surface area (TPSA) is 59.4 Å². The Morgan fingerprint density at radius 1 is 1.23 bits per heavy atom. The molecule has 0 spiro atoms. The summed E-state index contributed by atoms with van der Waals surface area (Å²) in [6.45, 7) is 7.09. The number of nitriles is 1. The summed E-state index contributed by atoms with van der Waals surface area (Å²) in [5, 5.41) is 12.3. The van der Waals surface area contributed by atoms with Gasteiger partial charge in [0.15, 0.2) is 0 Å². The number of piperazine rings is 1. The fourth-order valence-corrected chi connectivity index (χ4v) is 2.31. The monoisotopic (exact) mass is 298 g/mol. The molecule has 0 radical (unpaired) electrons. The number of likely N-dealkylation sites (N-methyl/N-ethyl adjacent to an activating group) is 1. The smallest absolute Gasteiger partial charge is 0.266 e. The van der Waals surface area contributed by atoms with E-state index < -0.39 is 0 Å². The molecule has 0 bridgehead atoms. The van der Waals surface area contributed by atoms with Crippen LogP contribution in [-0.4, -0.2) is 48.9 Å². The van der Waals surface area contributed by atoms with E-state index in [2.05, 4.69) is 10.2 Å². The second kappa shape index (κ2) is 7.10. The van der Waals surface area contributed by atoms with Gasteiger partial charge in [-0.15, -0.1) is 0 Å². The summed E-state index contributed by atoms with van der Waals surface area (Å²) in [6.07, 6.45) is 1.50. The van der Waals surface area contributed by atoms with E-state index in [0.717, 1.165) is 18.8 Å². The van der Waals surface area contributed by atoms with Gasteiger partial charge in [-0.1, -0.05) is 6.07 Å². The third kappa shape index (κ3) is 3.86. The molecule has 5 nitrogen and oxygen atoms in total. The molecule has 1 aromatic carbocycles. The predicted molar refractivity (Wildman–Crippen MR) is 87.3 cm³/mol. The molecule has 0 unspecified atom stereocenters. The van der Waals surface area contributed by atoms with Crippen LogP contribution in [0.3, 0.4) is 0 Å². The van der Waals surface area contributed by atoms with Crippen LogP contribution in [0.1, 0.15) is 11.1 Å². The molecule has 1 heterocycles. The van der Waals surface area contributed by atoms with Gasteiger partial charge in [-0.2, -0.15) is 5.26 Å². The Hall–Kier alpha value is -2.32. The molecule has 1 aliphatic heterocycles. The number of carbonyl (C=O) groups is 1. The zero-order chi connectivity index (χ0) is 16.1. The third-order valence-electron chi connectivity index (χ3n) is 4.03. The summed E-state index contributed by atoms with van der Waals surface area (Å²) in [5.41, 5.74) is 3.40. The van der Waals surface area contributed by atoms with Crippen molar-refractivity contribution in [2.45, 2.75) is 13.8 Å². The minimum atomic E-state index is -0.202. The van der Waals surface area contributed by atoms with Crippen molar-refractivity contribution in [1.82, 2.24) is 9.80 Å². The molecule has 0 atom stereocenters. The van der Waals surface area contributed by atoms with Gasteiger partial charge in [0, 0.05) is 38.1 Å². The Morgan fingerprint density at radius 3 is 2.50 bits per heavy atom. The number of aryl methyl sites for hydroxylation is 2. The molecule has 1 aliphatic rings. The van der Waals surface area contributed by atoms with Gasteiger partial charge in [0.2, 0.25) is 0 Å². The van der Waals surface area contributed by atoms with Gasteiger partial charge in [-0.3, -0.25) is 4.79 Å². The first-order valence-electron chi connectivity index (χ1n) is 7.43. The lowest BCUT2D eigenvalue weighted by Crippen LogP contribution is -2.47. The van der Waals surface area contributed by atoms with Crippen LogP contribution in [0.5, 0.6) is 0 Å². The van der Waals surface area contributed by atoms with Gasteiger partial charge in [0.1, 0.15) is 11.6 Å². The van der Waals surface area contributed by atoms with Crippen LogP contribution in [0.15, 0.2) is 30.0 Å². The first kappa shape index (κ1) is 16.1. The third-order valence-corrected chi connectivity index (χ3v) is 4.03. The predicted octanol–water partition coefficient (Wildman–Crippen LogP) is 1.90. The van der Waals surface area contributed by atoms with Crippen molar-refractivity contribution in [2.75, 3.05) is 38.5 Å². The van der Waals surface area contributed by atoms with E-state index in [1.165, 1.54) is 17.3 Å². The van der Waals surface area contributed by atoms with Crippen molar-refractivity contribution in [3.63, 3.8) is 0 Å². The number of anilines is 1. The molecule has 22 heavy (non-hydrogen) atoms. The maximum atomic E-state index is 12.4. The highest BCUT2D eigenvalue weighted by molar-refractivity contribution is 5.97. The van der Waals surface area contributed by atoms with E-state index in [1.54, 1.807) is 4.90 Å². The highest BCUT2D eigenvalue weighted by atomic mass is 16.2. The first-order valence-corrected chi connectivity index (χ1v) is 7.43. The molecule has 1 saturated heterocycles. The molecule has 5 heteroatoms. The minimum absolute atomic E-state index is 0.141. The lowest BCUT2D eigenvalue weighted by molar-refractivity contribution is -0.128. The largest absolute Gasteiger partial charge is 0.360 e. The number of benzene rings is 1. The fourth-order valence-electron chi connectivity index (χ4n) is 2.31. The van der Waals surface area contributed by atoms with Crippen molar-refractivity contribution < 1.29 is 4.79 Å². The molecule has 2 rings (SSSR count). The summed E-state index contributed by atoms with van der Waals surface area (Å²) in [4.78, 5) is 16.3. The average molecular weight is 298 g/mol. The van der Waals surface area contributed by atoms with E-state index in [0.29, 0.717) is 13.1 Å². The number of rotatable bonds is 3. The van der Waals surface area contributed by atoms with Crippen LogP contribution >= 0.6 is 0 Å². The Bertz CT molecular complexity index is 622. The minimum Gasteiger partial charge on any atom is -0.360 e. The summed E-state index contributed by atoms with van der Waals surface area (Å²) < 4.78 is 0. The molecule has 0 aromatic heterocycles. The van der Waals surface area contributed by atoms with Crippen molar-refractivity contribution in [3.8, 4) is 6.07 Å². The van der Waals surface area contributed by atoms with Gasteiger partial charge in [-0.25, -0.2) is 0 Å². The van der Waals surface area contributed by atoms with Crippen LogP contribution in [0.25, 0.3) is 0 Å².